The molecular formula is C14H19Cl2N3. The number of hydrogen-bond donors (Lipinski definition) is 1. The van der Waals surface area contributed by atoms with Gasteiger partial charge < -0.3 is 10.3 Å². The van der Waals surface area contributed by atoms with Crippen LogP contribution in [0, 0.1) is 0 Å². The van der Waals surface area contributed by atoms with Gasteiger partial charge in [-0.05, 0) is 25.5 Å². The fraction of sp³-hybridized carbons (Fsp3) is 0.500. The average Bonchev–Trinajstić information content (AvgIpc) is 2.73. The molecule has 0 saturated heterocycles. The van der Waals surface area contributed by atoms with Gasteiger partial charge in [-0.25, -0.2) is 4.98 Å². The fourth-order valence-corrected chi connectivity index (χ4v) is 2.56. The Kier molecular flexibility index (Phi) is 4.71. The number of fused-ring (bicyclic) bond motifs is 1. The molecule has 0 fully saturated rings. The van der Waals surface area contributed by atoms with E-state index in [4.69, 9.17) is 28.9 Å². The number of unbranched alkanes of at least 4 members (excludes halogenated alkanes) is 1. The Bertz CT molecular complexity index is 578. The molecule has 2 rings (SSSR count). The first-order chi connectivity index (χ1) is 9.08. The van der Waals surface area contributed by atoms with Crippen LogP contribution < -0.4 is 5.73 Å². The number of benzene rings is 1. The molecule has 0 bridgehead atoms. The van der Waals surface area contributed by atoms with E-state index >= 15 is 0 Å². The van der Waals surface area contributed by atoms with Gasteiger partial charge >= 0.3 is 0 Å². The maximum absolute atomic E-state index is 6.12. The molecule has 1 unspecified atom stereocenters. The van der Waals surface area contributed by atoms with Crippen molar-refractivity contribution in [2.45, 2.75) is 39.2 Å². The number of hydrogen-bond acceptors (Lipinski definition) is 2. The van der Waals surface area contributed by atoms with E-state index in [1.54, 1.807) is 0 Å². The van der Waals surface area contributed by atoms with Crippen molar-refractivity contribution in [2.75, 3.05) is 6.54 Å². The summed E-state index contributed by atoms with van der Waals surface area (Å²) in [5, 5.41) is 1.10. The third-order valence-corrected chi connectivity index (χ3v) is 4.06. The van der Waals surface area contributed by atoms with Crippen LogP contribution in [0.25, 0.3) is 11.0 Å². The molecule has 0 saturated carbocycles. The minimum Gasteiger partial charge on any atom is -0.328 e. The van der Waals surface area contributed by atoms with Gasteiger partial charge in [0.05, 0.1) is 21.1 Å². The van der Waals surface area contributed by atoms with Gasteiger partial charge in [-0.3, -0.25) is 0 Å². The highest BCUT2D eigenvalue weighted by Gasteiger charge is 2.16. The molecule has 1 atom stereocenters. The van der Waals surface area contributed by atoms with Crippen LogP contribution in [-0.2, 0) is 6.42 Å². The van der Waals surface area contributed by atoms with Crippen LogP contribution in [0.1, 0.15) is 38.6 Å². The predicted octanol–water partition coefficient (Wildman–Crippen LogP) is 4.21. The summed E-state index contributed by atoms with van der Waals surface area (Å²) in [4.78, 5) is 4.69. The lowest BCUT2D eigenvalue weighted by Gasteiger charge is -2.15. The third kappa shape index (κ3) is 2.88. The summed E-state index contributed by atoms with van der Waals surface area (Å²) in [6.45, 7) is 4.84. The number of aromatic nitrogens is 2. The average molecular weight is 300 g/mol. The first-order valence-electron chi connectivity index (χ1n) is 6.64. The lowest BCUT2D eigenvalue weighted by Crippen LogP contribution is -2.18. The maximum atomic E-state index is 6.12. The Balaban J connectivity index is 2.59. The van der Waals surface area contributed by atoms with Crippen molar-refractivity contribution in [2.24, 2.45) is 5.73 Å². The largest absolute Gasteiger partial charge is 0.328 e. The van der Waals surface area contributed by atoms with Gasteiger partial charge in [0.2, 0.25) is 0 Å². The summed E-state index contributed by atoms with van der Waals surface area (Å²) >= 11 is 12.2. The van der Waals surface area contributed by atoms with E-state index in [9.17, 15) is 0 Å². The predicted molar refractivity (Wildman–Crippen MR) is 82.1 cm³/mol. The van der Waals surface area contributed by atoms with Crippen LogP contribution in [0.5, 0.6) is 0 Å². The summed E-state index contributed by atoms with van der Waals surface area (Å²) in [6.07, 6.45) is 3.20. The van der Waals surface area contributed by atoms with E-state index in [1.807, 2.05) is 12.1 Å². The van der Waals surface area contributed by atoms with Crippen LogP contribution >= 0.6 is 23.2 Å². The lowest BCUT2D eigenvalue weighted by atomic mass is 10.2. The molecule has 3 nitrogen and oxygen atoms in total. The van der Waals surface area contributed by atoms with Crippen molar-refractivity contribution in [1.82, 2.24) is 9.55 Å². The molecule has 0 aliphatic heterocycles. The van der Waals surface area contributed by atoms with E-state index in [2.05, 4.69) is 23.4 Å². The number of nitrogens with two attached hydrogens (primary N) is 1. The highest BCUT2D eigenvalue weighted by atomic mass is 35.5. The third-order valence-electron chi connectivity index (χ3n) is 3.34. The van der Waals surface area contributed by atoms with Crippen LogP contribution in [0.3, 0.4) is 0 Å². The molecule has 19 heavy (non-hydrogen) atoms. The van der Waals surface area contributed by atoms with Gasteiger partial charge in [-0.1, -0.05) is 36.5 Å². The van der Waals surface area contributed by atoms with E-state index in [-0.39, 0.29) is 6.04 Å². The number of aryl methyl sites for hydroxylation is 1. The van der Waals surface area contributed by atoms with E-state index in [1.165, 1.54) is 0 Å². The first-order valence-corrected chi connectivity index (χ1v) is 7.40. The van der Waals surface area contributed by atoms with Crippen LogP contribution in [0.4, 0.5) is 0 Å². The van der Waals surface area contributed by atoms with Gasteiger partial charge in [-0.2, -0.15) is 0 Å². The first kappa shape index (κ1) is 14.6. The molecule has 0 aliphatic rings. The standard InChI is InChI=1S/C14H19Cl2N3/c1-3-4-5-14-18-12-6-10(15)11(16)7-13(12)19(14)9(2)8-17/h6-7,9H,3-5,8,17H2,1-2H3. The van der Waals surface area contributed by atoms with Crippen molar-refractivity contribution >= 4 is 34.2 Å². The van der Waals surface area contributed by atoms with Crippen molar-refractivity contribution in [1.29, 1.82) is 0 Å². The Morgan fingerprint density at radius 3 is 2.63 bits per heavy atom. The highest BCUT2D eigenvalue weighted by molar-refractivity contribution is 6.42. The van der Waals surface area contributed by atoms with Crippen molar-refractivity contribution in [3.05, 3.63) is 28.0 Å². The second kappa shape index (κ2) is 6.12. The summed E-state index contributed by atoms with van der Waals surface area (Å²) in [7, 11) is 0. The van der Waals surface area contributed by atoms with Gasteiger partial charge in [0.1, 0.15) is 5.82 Å². The lowest BCUT2D eigenvalue weighted by molar-refractivity contribution is 0.540. The second-order valence-electron chi connectivity index (χ2n) is 4.84. The second-order valence-corrected chi connectivity index (χ2v) is 5.66. The zero-order valence-corrected chi connectivity index (χ0v) is 12.8. The molecule has 5 heteroatoms. The Morgan fingerprint density at radius 1 is 1.32 bits per heavy atom. The minimum absolute atomic E-state index is 0.203. The summed E-state index contributed by atoms with van der Waals surface area (Å²) in [6, 6.07) is 3.91. The molecule has 1 aromatic carbocycles. The highest BCUT2D eigenvalue weighted by Crippen LogP contribution is 2.30. The summed E-state index contributed by atoms with van der Waals surface area (Å²) < 4.78 is 2.19. The van der Waals surface area contributed by atoms with Gasteiger partial charge in [0.25, 0.3) is 0 Å². The molecule has 0 aliphatic carbocycles. The van der Waals surface area contributed by atoms with Gasteiger partial charge in [0, 0.05) is 19.0 Å². The molecule has 104 valence electrons. The smallest absolute Gasteiger partial charge is 0.110 e. The summed E-state index contributed by atoms with van der Waals surface area (Å²) in [5.74, 6) is 1.06. The zero-order chi connectivity index (χ0) is 14.0. The number of rotatable bonds is 5. The van der Waals surface area contributed by atoms with Crippen molar-refractivity contribution in [3.8, 4) is 0 Å². The van der Waals surface area contributed by atoms with Gasteiger partial charge in [0.15, 0.2) is 0 Å². The SMILES string of the molecule is CCCCc1nc2cc(Cl)c(Cl)cc2n1C(C)CN. The fourth-order valence-electron chi connectivity index (χ4n) is 2.25. The van der Waals surface area contributed by atoms with Crippen molar-refractivity contribution < 1.29 is 0 Å². The molecule has 0 spiro atoms. The van der Waals surface area contributed by atoms with Crippen molar-refractivity contribution in [3.63, 3.8) is 0 Å². The zero-order valence-electron chi connectivity index (χ0n) is 11.3. The Labute approximate surface area is 123 Å². The summed E-state index contributed by atoms with van der Waals surface area (Å²) in [5.41, 5.74) is 7.71. The molecule has 0 radical (unpaired) electrons. The number of halogens is 2. The molecular weight excluding hydrogens is 281 g/mol. The van der Waals surface area contributed by atoms with Crippen LogP contribution in [0.2, 0.25) is 10.0 Å². The maximum Gasteiger partial charge on any atom is 0.110 e. The Hall–Kier alpha value is -0.770. The van der Waals surface area contributed by atoms with E-state index < -0.39 is 0 Å². The molecule has 2 aromatic rings. The number of imidazole rings is 1. The van der Waals surface area contributed by atoms with E-state index in [0.717, 1.165) is 36.1 Å². The van der Waals surface area contributed by atoms with Gasteiger partial charge in [-0.15, -0.1) is 0 Å². The molecule has 0 amide bonds. The quantitative estimate of drug-likeness (QED) is 0.899. The normalized spacial score (nSPS) is 13.1. The molecule has 1 heterocycles. The molecule has 2 N–H and O–H groups in total. The number of nitrogens with zero attached hydrogens (tertiary/aromatic N) is 2. The van der Waals surface area contributed by atoms with Crippen LogP contribution in [0.15, 0.2) is 12.1 Å². The van der Waals surface area contributed by atoms with E-state index in [0.29, 0.717) is 16.6 Å². The topological polar surface area (TPSA) is 43.8 Å². The monoisotopic (exact) mass is 299 g/mol. The van der Waals surface area contributed by atoms with Crippen LogP contribution in [-0.4, -0.2) is 16.1 Å². The minimum atomic E-state index is 0.203. The Morgan fingerprint density at radius 2 is 2.00 bits per heavy atom. The molecule has 1 aromatic heterocycles.